The van der Waals surface area contributed by atoms with Gasteiger partial charge in [0.15, 0.2) is 23.2 Å². The highest BCUT2D eigenvalue weighted by Gasteiger charge is 2.44. The fourth-order valence-electron chi connectivity index (χ4n) is 4.61. The molecule has 2 saturated heterocycles. The van der Waals surface area contributed by atoms with Crippen LogP contribution >= 0.6 is 0 Å². The summed E-state index contributed by atoms with van der Waals surface area (Å²) in [6, 6.07) is 0.0515. The molecule has 1 saturated carbocycles. The Balaban J connectivity index is 1.25. The van der Waals surface area contributed by atoms with E-state index in [1.807, 2.05) is 0 Å². The minimum Gasteiger partial charge on any atom is -0.387 e. The lowest BCUT2D eigenvalue weighted by atomic mass is 10.1. The van der Waals surface area contributed by atoms with E-state index in [0.29, 0.717) is 30.2 Å². The minimum absolute atomic E-state index is 0.0728. The van der Waals surface area contributed by atoms with E-state index in [9.17, 15) is 15.0 Å². The van der Waals surface area contributed by atoms with E-state index >= 15 is 0 Å². The molecule has 4 heterocycles. The average molecular weight is 447 g/mol. The quantitative estimate of drug-likeness (QED) is 0.408. The molecule has 12 heteroatoms. The predicted molar refractivity (Wildman–Crippen MR) is 113 cm³/mol. The van der Waals surface area contributed by atoms with Crippen molar-refractivity contribution in [3.05, 3.63) is 12.7 Å². The van der Waals surface area contributed by atoms with Crippen LogP contribution in [0.4, 0.5) is 10.6 Å². The summed E-state index contributed by atoms with van der Waals surface area (Å²) in [4.78, 5) is 25.1. The third kappa shape index (κ3) is 4.22. The second-order valence-electron chi connectivity index (χ2n) is 8.63. The van der Waals surface area contributed by atoms with Crippen molar-refractivity contribution >= 4 is 23.0 Å². The molecule has 0 spiro atoms. The fraction of sp³-hybridized carbons (Fsp3) is 0.700. The Hall–Kier alpha value is -2.54. The van der Waals surface area contributed by atoms with Crippen LogP contribution in [0, 0.1) is 0 Å². The van der Waals surface area contributed by atoms with Gasteiger partial charge in [0.1, 0.15) is 24.6 Å². The molecular weight excluding hydrogens is 418 g/mol. The number of rotatable bonds is 6. The number of aliphatic hydroxyl groups excluding tert-OH is 2. The van der Waals surface area contributed by atoms with E-state index in [1.165, 1.54) is 12.7 Å². The number of aliphatic hydroxyl groups is 2. The Morgan fingerprint density at radius 3 is 2.75 bits per heavy atom. The van der Waals surface area contributed by atoms with Crippen molar-refractivity contribution in [2.75, 3.05) is 25.1 Å². The van der Waals surface area contributed by atoms with Gasteiger partial charge in [0.05, 0.1) is 19.0 Å². The van der Waals surface area contributed by atoms with Crippen molar-refractivity contribution in [1.82, 2.24) is 30.2 Å². The standard InChI is InChI=1S/C20H29N7O5/c28-15-13(7-21-20(30)26-11-3-1-2-4-11)32-19(16(15)29)27-10-24-14-17(22-9-23-18(14)27)25-12-5-6-31-8-12/h9-13,15-16,19,28-29H,1-8H2,(H2,21,26,30)(H,22,23,25)/t12-,13-,15-,16-,19-/m1/s1. The third-order valence-electron chi connectivity index (χ3n) is 6.39. The van der Waals surface area contributed by atoms with Gasteiger partial charge in [-0.15, -0.1) is 0 Å². The summed E-state index contributed by atoms with van der Waals surface area (Å²) in [5.41, 5.74) is 1.02. The Morgan fingerprint density at radius 2 is 1.97 bits per heavy atom. The molecule has 5 atom stereocenters. The molecule has 2 amide bonds. The molecule has 0 bridgehead atoms. The van der Waals surface area contributed by atoms with Crippen LogP contribution in [-0.2, 0) is 9.47 Å². The summed E-state index contributed by atoms with van der Waals surface area (Å²) in [5.74, 6) is 0.582. The highest BCUT2D eigenvalue weighted by molar-refractivity contribution is 5.82. The summed E-state index contributed by atoms with van der Waals surface area (Å²) < 4.78 is 12.9. The van der Waals surface area contributed by atoms with Gasteiger partial charge in [-0.25, -0.2) is 19.7 Å². The zero-order valence-corrected chi connectivity index (χ0v) is 17.7. The lowest BCUT2D eigenvalue weighted by Crippen LogP contribution is -2.46. The van der Waals surface area contributed by atoms with Crippen LogP contribution in [0.2, 0.25) is 0 Å². The first-order chi connectivity index (χ1) is 15.6. The maximum atomic E-state index is 12.1. The first-order valence-electron chi connectivity index (χ1n) is 11.2. The van der Waals surface area contributed by atoms with E-state index in [-0.39, 0.29) is 24.7 Å². The van der Waals surface area contributed by atoms with Crippen molar-refractivity contribution in [1.29, 1.82) is 0 Å². The van der Waals surface area contributed by atoms with Crippen molar-refractivity contribution in [3.8, 4) is 0 Å². The Morgan fingerprint density at radius 1 is 1.12 bits per heavy atom. The molecule has 0 unspecified atom stereocenters. The van der Waals surface area contributed by atoms with Crippen LogP contribution in [0.25, 0.3) is 11.2 Å². The van der Waals surface area contributed by atoms with Gasteiger partial charge in [-0.2, -0.15) is 0 Å². The van der Waals surface area contributed by atoms with Crippen LogP contribution in [0.1, 0.15) is 38.3 Å². The van der Waals surface area contributed by atoms with Crippen LogP contribution in [0.15, 0.2) is 12.7 Å². The molecule has 5 N–H and O–H groups in total. The number of imidazole rings is 1. The highest BCUT2D eigenvalue weighted by Crippen LogP contribution is 2.32. The van der Waals surface area contributed by atoms with Crippen LogP contribution in [0.5, 0.6) is 0 Å². The van der Waals surface area contributed by atoms with E-state index in [0.717, 1.165) is 32.1 Å². The number of aromatic nitrogens is 4. The van der Waals surface area contributed by atoms with E-state index in [2.05, 4.69) is 30.9 Å². The Labute approximate surface area is 184 Å². The molecule has 32 heavy (non-hydrogen) atoms. The Bertz CT molecular complexity index is 944. The second-order valence-corrected chi connectivity index (χ2v) is 8.63. The molecule has 3 aliphatic rings. The number of amides is 2. The number of hydrogen-bond acceptors (Lipinski definition) is 9. The van der Waals surface area contributed by atoms with E-state index in [1.54, 1.807) is 4.57 Å². The number of nitrogens with one attached hydrogen (secondary N) is 3. The lowest BCUT2D eigenvalue weighted by Gasteiger charge is -2.18. The molecule has 5 rings (SSSR count). The number of carbonyl (C=O) groups excluding carboxylic acids is 1. The zero-order valence-electron chi connectivity index (χ0n) is 17.7. The number of nitrogens with zero attached hydrogens (tertiary/aromatic N) is 4. The smallest absolute Gasteiger partial charge is 0.315 e. The topological polar surface area (TPSA) is 156 Å². The van der Waals surface area contributed by atoms with Gasteiger partial charge >= 0.3 is 6.03 Å². The minimum atomic E-state index is -1.20. The largest absolute Gasteiger partial charge is 0.387 e. The Kier molecular flexibility index (Phi) is 6.09. The molecule has 2 aromatic heterocycles. The molecule has 3 fully saturated rings. The van der Waals surface area contributed by atoms with Gasteiger partial charge in [0.25, 0.3) is 0 Å². The third-order valence-corrected chi connectivity index (χ3v) is 6.39. The van der Waals surface area contributed by atoms with Gasteiger partial charge in [-0.3, -0.25) is 4.57 Å². The number of fused-ring (bicyclic) bond motifs is 1. The maximum absolute atomic E-state index is 12.1. The molecule has 2 aliphatic heterocycles. The summed E-state index contributed by atoms with van der Waals surface area (Å²) in [6.07, 6.45) is 4.00. The molecular formula is C20H29N7O5. The van der Waals surface area contributed by atoms with Crippen LogP contribution in [0.3, 0.4) is 0 Å². The molecule has 0 aromatic carbocycles. The monoisotopic (exact) mass is 447 g/mol. The summed E-state index contributed by atoms with van der Waals surface area (Å²) in [5, 5.41) is 30.1. The van der Waals surface area contributed by atoms with Crippen molar-refractivity contribution < 1.29 is 24.5 Å². The number of urea groups is 1. The fourth-order valence-corrected chi connectivity index (χ4v) is 4.61. The average Bonchev–Trinajstić information content (AvgIpc) is 3.58. The van der Waals surface area contributed by atoms with Gasteiger partial charge < -0.3 is 35.6 Å². The maximum Gasteiger partial charge on any atom is 0.315 e. The molecule has 1 aliphatic carbocycles. The summed E-state index contributed by atoms with van der Waals surface area (Å²) in [7, 11) is 0. The molecule has 12 nitrogen and oxygen atoms in total. The van der Waals surface area contributed by atoms with Crippen molar-refractivity contribution in [2.45, 2.75) is 68.7 Å². The molecule has 0 radical (unpaired) electrons. The van der Waals surface area contributed by atoms with E-state index in [4.69, 9.17) is 9.47 Å². The van der Waals surface area contributed by atoms with Crippen molar-refractivity contribution in [2.24, 2.45) is 0 Å². The second kappa shape index (κ2) is 9.14. The van der Waals surface area contributed by atoms with Crippen LogP contribution in [-0.4, -0.2) is 85.9 Å². The van der Waals surface area contributed by atoms with Gasteiger partial charge in [-0.1, -0.05) is 12.8 Å². The van der Waals surface area contributed by atoms with Gasteiger partial charge in [-0.05, 0) is 19.3 Å². The SMILES string of the molecule is O=C(NC[C@H]1O[C@@H](n2cnc3c(N[C@@H]4CCOC4)ncnc32)[C@H](O)[C@@H]1O)NC1CCCC1. The van der Waals surface area contributed by atoms with Gasteiger partial charge in [0.2, 0.25) is 0 Å². The van der Waals surface area contributed by atoms with Gasteiger partial charge in [0, 0.05) is 19.2 Å². The summed E-state index contributed by atoms with van der Waals surface area (Å²) in [6.45, 7) is 1.38. The first-order valence-corrected chi connectivity index (χ1v) is 11.2. The summed E-state index contributed by atoms with van der Waals surface area (Å²) >= 11 is 0. The number of hydrogen-bond donors (Lipinski definition) is 5. The van der Waals surface area contributed by atoms with Crippen LogP contribution < -0.4 is 16.0 Å². The number of anilines is 1. The zero-order chi connectivity index (χ0) is 22.1. The predicted octanol–water partition coefficient (Wildman–Crippen LogP) is -0.112. The van der Waals surface area contributed by atoms with E-state index < -0.39 is 24.5 Å². The highest BCUT2D eigenvalue weighted by atomic mass is 16.6. The lowest BCUT2D eigenvalue weighted by molar-refractivity contribution is -0.0335. The molecule has 174 valence electrons. The molecule has 2 aromatic rings. The first kappa shape index (κ1) is 21.3. The van der Waals surface area contributed by atoms with Crippen molar-refractivity contribution in [3.63, 3.8) is 0 Å². The number of carbonyl (C=O) groups is 1. The normalized spacial score (nSPS) is 30.8. The number of ether oxygens (including phenoxy) is 2.